The lowest BCUT2D eigenvalue weighted by Crippen LogP contribution is -2.20. The molecule has 5 aromatic rings. The van der Waals surface area contributed by atoms with Crippen molar-refractivity contribution in [3.63, 3.8) is 0 Å². The largest absolute Gasteiger partial charge is 0.309 e. The van der Waals surface area contributed by atoms with Crippen molar-refractivity contribution in [3.8, 4) is 11.1 Å². The van der Waals surface area contributed by atoms with E-state index >= 15 is 0 Å². The summed E-state index contributed by atoms with van der Waals surface area (Å²) >= 11 is 0. The van der Waals surface area contributed by atoms with Crippen molar-refractivity contribution in [1.82, 2.24) is 18.9 Å². The highest BCUT2D eigenvalue weighted by atomic mass is 16.1. The van der Waals surface area contributed by atoms with Crippen molar-refractivity contribution in [2.45, 2.75) is 13.5 Å². The van der Waals surface area contributed by atoms with Crippen LogP contribution in [0.2, 0.25) is 0 Å². The Bertz CT molecular complexity index is 1460. The van der Waals surface area contributed by atoms with E-state index < -0.39 is 0 Å². The fourth-order valence-corrected chi connectivity index (χ4v) is 3.71. The predicted octanol–water partition coefficient (Wildman–Crippen LogP) is 3.88. The van der Waals surface area contributed by atoms with Crippen molar-refractivity contribution >= 4 is 22.7 Å². The second kappa shape index (κ2) is 7.08. The van der Waals surface area contributed by atoms with Crippen LogP contribution >= 0.6 is 0 Å². The first-order valence-electron chi connectivity index (χ1n) is 9.59. The fourth-order valence-electron chi connectivity index (χ4n) is 3.71. The summed E-state index contributed by atoms with van der Waals surface area (Å²) in [5.41, 5.74) is 5.08. The van der Waals surface area contributed by atoms with E-state index in [1.165, 1.54) is 0 Å². The van der Waals surface area contributed by atoms with E-state index in [9.17, 15) is 9.59 Å². The molecule has 6 nitrogen and oxygen atoms in total. The van der Waals surface area contributed by atoms with Gasteiger partial charge in [0, 0.05) is 42.1 Å². The van der Waals surface area contributed by atoms with Crippen LogP contribution in [0.5, 0.6) is 0 Å². The van der Waals surface area contributed by atoms with Crippen molar-refractivity contribution in [3.05, 3.63) is 101 Å². The van der Waals surface area contributed by atoms with Gasteiger partial charge in [-0.1, -0.05) is 30.3 Å². The Morgan fingerprint density at radius 1 is 0.967 bits per heavy atom. The second-order valence-electron chi connectivity index (χ2n) is 7.34. The third-order valence-electron chi connectivity index (χ3n) is 5.24. The first-order valence-corrected chi connectivity index (χ1v) is 9.59. The Hall–Kier alpha value is -4.06. The Kier molecular flexibility index (Phi) is 4.25. The SMILES string of the molecule is Cc1ccc2nc(Cn3ccc4c(-c5ccc(C=O)cc5)cncc4c3=O)cn2c1. The average Bonchev–Trinajstić information content (AvgIpc) is 3.17. The smallest absolute Gasteiger partial charge is 0.260 e. The molecule has 0 aliphatic heterocycles. The van der Waals surface area contributed by atoms with Gasteiger partial charge in [-0.25, -0.2) is 4.98 Å². The van der Waals surface area contributed by atoms with Gasteiger partial charge < -0.3 is 8.97 Å². The van der Waals surface area contributed by atoms with Gasteiger partial charge in [0.2, 0.25) is 0 Å². The summed E-state index contributed by atoms with van der Waals surface area (Å²) in [6.45, 7) is 2.41. The molecule has 0 spiro atoms. The molecule has 1 aromatic carbocycles. The van der Waals surface area contributed by atoms with Gasteiger partial charge in [0.1, 0.15) is 11.9 Å². The van der Waals surface area contributed by atoms with Crippen molar-refractivity contribution in [2.75, 3.05) is 0 Å². The van der Waals surface area contributed by atoms with Gasteiger partial charge in [-0.05, 0) is 35.6 Å². The predicted molar refractivity (Wildman–Crippen MR) is 116 cm³/mol. The molecule has 0 radical (unpaired) electrons. The molecule has 0 aliphatic rings. The number of benzene rings is 1. The van der Waals surface area contributed by atoms with Crippen LogP contribution in [0.25, 0.3) is 27.5 Å². The van der Waals surface area contributed by atoms with E-state index in [-0.39, 0.29) is 5.56 Å². The lowest BCUT2D eigenvalue weighted by molar-refractivity contribution is 0.112. The first kappa shape index (κ1) is 18.0. The van der Waals surface area contributed by atoms with Gasteiger partial charge in [-0.15, -0.1) is 0 Å². The Labute approximate surface area is 172 Å². The maximum absolute atomic E-state index is 13.1. The number of rotatable bonds is 4. The minimum atomic E-state index is -0.111. The summed E-state index contributed by atoms with van der Waals surface area (Å²) in [5.74, 6) is 0. The van der Waals surface area contributed by atoms with Crippen molar-refractivity contribution < 1.29 is 4.79 Å². The maximum atomic E-state index is 13.1. The third kappa shape index (κ3) is 3.08. The lowest BCUT2D eigenvalue weighted by Gasteiger charge is -2.09. The Morgan fingerprint density at radius 3 is 2.60 bits per heavy atom. The maximum Gasteiger partial charge on any atom is 0.260 e. The summed E-state index contributed by atoms with van der Waals surface area (Å²) in [6.07, 6.45) is 9.91. The van der Waals surface area contributed by atoms with Gasteiger partial charge in [0.25, 0.3) is 5.56 Å². The average molecular weight is 394 g/mol. The molecule has 30 heavy (non-hydrogen) atoms. The summed E-state index contributed by atoms with van der Waals surface area (Å²) in [6, 6.07) is 13.2. The molecular weight excluding hydrogens is 376 g/mol. The highest BCUT2D eigenvalue weighted by Gasteiger charge is 2.11. The van der Waals surface area contributed by atoms with E-state index in [1.54, 1.807) is 35.3 Å². The van der Waals surface area contributed by atoms with Gasteiger partial charge in [-0.3, -0.25) is 14.6 Å². The number of hydrogen-bond donors (Lipinski definition) is 0. The van der Waals surface area contributed by atoms with Gasteiger partial charge >= 0.3 is 0 Å². The zero-order chi connectivity index (χ0) is 20.7. The van der Waals surface area contributed by atoms with Crippen molar-refractivity contribution in [1.29, 1.82) is 0 Å². The second-order valence-corrected chi connectivity index (χ2v) is 7.34. The topological polar surface area (TPSA) is 69.3 Å². The van der Waals surface area contributed by atoms with E-state index in [0.717, 1.165) is 39.7 Å². The van der Waals surface area contributed by atoms with Crippen molar-refractivity contribution in [2.24, 2.45) is 0 Å². The molecule has 5 rings (SSSR count). The van der Waals surface area contributed by atoms with Crippen LogP contribution < -0.4 is 5.56 Å². The molecule has 146 valence electrons. The molecule has 6 heteroatoms. The van der Waals surface area contributed by atoms with Gasteiger partial charge in [0.05, 0.1) is 17.6 Å². The van der Waals surface area contributed by atoms with Crippen LogP contribution in [0.3, 0.4) is 0 Å². The number of aryl methyl sites for hydroxylation is 1. The number of aldehydes is 1. The van der Waals surface area contributed by atoms with Gasteiger partial charge in [-0.2, -0.15) is 0 Å². The standard InChI is InChI=1S/C24H18N4O2/c1-16-2-7-23-26-19(14-28(23)12-16)13-27-9-8-20-21(10-25-11-22(20)24(27)30)18-5-3-17(15-29)4-6-18/h2-12,14-15H,13H2,1H3. The zero-order valence-electron chi connectivity index (χ0n) is 16.3. The minimum absolute atomic E-state index is 0.111. The van der Waals surface area contributed by atoms with Crippen LogP contribution in [-0.2, 0) is 6.54 Å². The highest BCUT2D eigenvalue weighted by Crippen LogP contribution is 2.26. The molecule has 0 aliphatic carbocycles. The zero-order valence-corrected chi connectivity index (χ0v) is 16.3. The molecule has 0 saturated carbocycles. The van der Waals surface area contributed by atoms with E-state index in [1.807, 2.05) is 54.0 Å². The first-order chi connectivity index (χ1) is 14.6. The number of hydrogen-bond acceptors (Lipinski definition) is 4. The number of pyridine rings is 3. The minimum Gasteiger partial charge on any atom is -0.309 e. The van der Waals surface area contributed by atoms with Crippen LogP contribution in [0.15, 0.2) is 78.2 Å². The lowest BCUT2D eigenvalue weighted by atomic mass is 10.0. The normalized spacial score (nSPS) is 11.2. The fraction of sp³-hybridized carbons (Fsp3) is 0.0833. The molecule has 0 N–H and O–H groups in total. The van der Waals surface area contributed by atoms with Crippen LogP contribution in [0, 0.1) is 6.92 Å². The Morgan fingerprint density at radius 2 is 1.80 bits per heavy atom. The van der Waals surface area contributed by atoms with Crippen LogP contribution in [0.1, 0.15) is 21.6 Å². The number of carbonyl (C=O) groups is 1. The summed E-state index contributed by atoms with van der Waals surface area (Å²) in [4.78, 5) is 32.9. The molecule has 0 amide bonds. The summed E-state index contributed by atoms with van der Waals surface area (Å²) in [5, 5.41) is 1.38. The molecule has 0 fully saturated rings. The highest BCUT2D eigenvalue weighted by molar-refractivity contribution is 5.95. The van der Waals surface area contributed by atoms with E-state index in [2.05, 4.69) is 9.97 Å². The summed E-state index contributed by atoms with van der Waals surface area (Å²) < 4.78 is 3.62. The monoisotopic (exact) mass is 394 g/mol. The molecule has 0 unspecified atom stereocenters. The number of carbonyl (C=O) groups excluding carboxylic acids is 1. The number of fused-ring (bicyclic) bond motifs is 2. The van der Waals surface area contributed by atoms with E-state index in [0.29, 0.717) is 17.5 Å². The van der Waals surface area contributed by atoms with Crippen LogP contribution in [0.4, 0.5) is 0 Å². The molecule has 0 atom stereocenters. The summed E-state index contributed by atoms with van der Waals surface area (Å²) in [7, 11) is 0. The molecule has 0 saturated heterocycles. The number of nitrogens with zero attached hydrogens (tertiary/aromatic N) is 4. The molecule has 4 aromatic heterocycles. The number of aromatic nitrogens is 4. The molecular formula is C24H18N4O2. The third-order valence-corrected chi connectivity index (χ3v) is 5.24. The molecule has 4 heterocycles. The van der Waals surface area contributed by atoms with Crippen LogP contribution in [-0.4, -0.2) is 25.2 Å². The van der Waals surface area contributed by atoms with E-state index in [4.69, 9.17) is 0 Å². The molecule has 0 bridgehead atoms. The number of imidazole rings is 1. The Balaban J connectivity index is 1.56. The quantitative estimate of drug-likeness (QED) is 0.434. The van der Waals surface area contributed by atoms with Gasteiger partial charge in [0.15, 0.2) is 0 Å².